The van der Waals surface area contributed by atoms with Crippen LogP contribution < -0.4 is 14.8 Å². The van der Waals surface area contributed by atoms with Gasteiger partial charge in [0, 0.05) is 36.1 Å². The average Bonchev–Trinajstić information content (AvgIpc) is 3.23. The fraction of sp³-hybridized carbons (Fsp3) is 0.364. The number of alkyl halides is 2. The first-order valence-corrected chi connectivity index (χ1v) is 10.6. The highest BCUT2D eigenvalue weighted by Gasteiger charge is 2.23. The summed E-state index contributed by atoms with van der Waals surface area (Å²) in [4.78, 5) is 10.4. The van der Waals surface area contributed by atoms with E-state index in [1.165, 1.54) is 5.56 Å². The fourth-order valence-corrected chi connectivity index (χ4v) is 4.22. The van der Waals surface area contributed by atoms with E-state index in [2.05, 4.69) is 26.3 Å². The van der Waals surface area contributed by atoms with Crippen molar-refractivity contribution in [2.45, 2.75) is 31.9 Å². The van der Waals surface area contributed by atoms with Crippen LogP contribution in [0.4, 0.5) is 14.6 Å². The van der Waals surface area contributed by atoms with Crippen molar-refractivity contribution in [1.29, 1.82) is 0 Å². The summed E-state index contributed by atoms with van der Waals surface area (Å²) in [6.07, 6.45) is -0.981. The molecule has 0 unspecified atom stereocenters. The molecule has 1 N–H and O–H groups in total. The molecule has 0 amide bonds. The standard InChI is InChI=1S/C22H21ClF2N4O2/c23-14-2-3-17-16(10-14)21(28-22(27-17)20(24)25)26-15-5-7-29(8-6-15)11-13-1-4-18-19(9-13)31-12-30-18/h1-4,9-10,15,20H,5-8,11-12H2,(H,26,27,28). The van der Waals surface area contributed by atoms with Crippen LogP contribution in [0.2, 0.25) is 5.02 Å². The first-order chi connectivity index (χ1) is 15.0. The molecule has 0 radical (unpaired) electrons. The third-order valence-electron chi connectivity index (χ3n) is 5.64. The molecule has 0 saturated carbocycles. The molecule has 5 rings (SSSR count). The average molecular weight is 447 g/mol. The van der Waals surface area contributed by atoms with E-state index in [0.29, 0.717) is 21.7 Å². The number of benzene rings is 2. The van der Waals surface area contributed by atoms with Gasteiger partial charge in [-0.25, -0.2) is 18.7 Å². The maximum atomic E-state index is 13.3. The van der Waals surface area contributed by atoms with Gasteiger partial charge < -0.3 is 14.8 Å². The molecule has 1 aromatic heterocycles. The Bertz CT molecular complexity index is 1110. The molecule has 0 atom stereocenters. The molecule has 2 aliphatic heterocycles. The molecule has 0 aliphatic carbocycles. The van der Waals surface area contributed by atoms with Gasteiger partial charge in [0.25, 0.3) is 6.43 Å². The van der Waals surface area contributed by atoms with Gasteiger partial charge in [-0.3, -0.25) is 4.90 Å². The number of rotatable bonds is 5. The van der Waals surface area contributed by atoms with Crippen LogP contribution in [0.15, 0.2) is 36.4 Å². The molecule has 6 nitrogen and oxygen atoms in total. The zero-order chi connectivity index (χ0) is 21.4. The van der Waals surface area contributed by atoms with Crippen molar-refractivity contribution in [1.82, 2.24) is 14.9 Å². The summed E-state index contributed by atoms with van der Waals surface area (Å²) in [5.41, 5.74) is 1.63. The summed E-state index contributed by atoms with van der Waals surface area (Å²) < 4.78 is 37.4. The Hall–Kier alpha value is -2.71. The normalized spacial score (nSPS) is 16.9. The number of likely N-dealkylation sites (tertiary alicyclic amines) is 1. The van der Waals surface area contributed by atoms with Crippen LogP contribution in [0, 0.1) is 0 Å². The van der Waals surface area contributed by atoms with Gasteiger partial charge in [0.05, 0.1) is 5.52 Å². The van der Waals surface area contributed by atoms with E-state index in [-0.39, 0.29) is 12.8 Å². The number of hydrogen-bond donors (Lipinski definition) is 1. The zero-order valence-corrected chi connectivity index (χ0v) is 17.4. The zero-order valence-electron chi connectivity index (χ0n) is 16.7. The first-order valence-electron chi connectivity index (χ1n) is 10.2. The lowest BCUT2D eigenvalue weighted by molar-refractivity contribution is 0.141. The maximum Gasteiger partial charge on any atom is 0.297 e. The molecule has 31 heavy (non-hydrogen) atoms. The minimum absolute atomic E-state index is 0.135. The Morgan fingerprint density at radius 2 is 1.87 bits per heavy atom. The van der Waals surface area contributed by atoms with Crippen molar-refractivity contribution in [3.05, 3.63) is 52.8 Å². The third-order valence-corrected chi connectivity index (χ3v) is 5.88. The van der Waals surface area contributed by atoms with Gasteiger partial charge in [-0.1, -0.05) is 17.7 Å². The molecule has 1 fully saturated rings. The van der Waals surface area contributed by atoms with Gasteiger partial charge in [-0.2, -0.15) is 0 Å². The first kappa shape index (κ1) is 20.2. The predicted octanol–water partition coefficient (Wildman–Crippen LogP) is 5.03. The summed E-state index contributed by atoms with van der Waals surface area (Å²) in [5, 5.41) is 4.53. The molecule has 3 heterocycles. The second-order valence-electron chi connectivity index (χ2n) is 7.77. The summed E-state index contributed by atoms with van der Waals surface area (Å²) in [7, 11) is 0. The minimum atomic E-state index is -2.73. The highest BCUT2D eigenvalue weighted by molar-refractivity contribution is 6.31. The number of halogens is 3. The molecular formula is C22H21ClF2N4O2. The van der Waals surface area contributed by atoms with Crippen LogP contribution in [0.1, 0.15) is 30.7 Å². The molecule has 2 aliphatic rings. The molecule has 1 saturated heterocycles. The van der Waals surface area contributed by atoms with Crippen LogP contribution in [0.3, 0.4) is 0 Å². The number of fused-ring (bicyclic) bond motifs is 2. The molecule has 162 valence electrons. The second-order valence-corrected chi connectivity index (χ2v) is 8.21. The van der Waals surface area contributed by atoms with Gasteiger partial charge in [-0.05, 0) is 48.7 Å². The molecular weight excluding hydrogens is 426 g/mol. The summed E-state index contributed by atoms with van der Waals surface area (Å²) in [6, 6.07) is 11.2. The molecule has 2 aromatic carbocycles. The third kappa shape index (κ3) is 4.36. The van der Waals surface area contributed by atoms with Crippen LogP contribution >= 0.6 is 11.6 Å². The van der Waals surface area contributed by atoms with Crippen molar-refractivity contribution in [3.8, 4) is 11.5 Å². The Balaban J connectivity index is 1.26. The lowest BCUT2D eigenvalue weighted by atomic mass is 10.0. The van der Waals surface area contributed by atoms with E-state index in [1.54, 1.807) is 18.2 Å². The summed E-state index contributed by atoms with van der Waals surface area (Å²) in [6.45, 7) is 2.87. The monoisotopic (exact) mass is 446 g/mol. The molecule has 0 bridgehead atoms. The van der Waals surface area contributed by atoms with Crippen LogP contribution in [0.25, 0.3) is 10.9 Å². The van der Waals surface area contributed by atoms with Crippen molar-refractivity contribution >= 4 is 28.3 Å². The molecule has 3 aromatic rings. The van der Waals surface area contributed by atoms with Crippen molar-refractivity contribution in [2.75, 3.05) is 25.2 Å². The smallest absolute Gasteiger partial charge is 0.297 e. The number of nitrogens with one attached hydrogen (secondary N) is 1. The number of hydrogen-bond acceptors (Lipinski definition) is 6. The summed E-state index contributed by atoms with van der Waals surface area (Å²) in [5.74, 6) is 1.51. The van der Waals surface area contributed by atoms with E-state index in [9.17, 15) is 8.78 Å². The van der Waals surface area contributed by atoms with Crippen LogP contribution in [-0.2, 0) is 6.54 Å². The van der Waals surface area contributed by atoms with E-state index >= 15 is 0 Å². The number of ether oxygens (including phenoxy) is 2. The van der Waals surface area contributed by atoms with E-state index in [1.807, 2.05) is 12.1 Å². The molecule has 9 heteroatoms. The van der Waals surface area contributed by atoms with Gasteiger partial charge in [0.15, 0.2) is 17.3 Å². The minimum Gasteiger partial charge on any atom is -0.454 e. The van der Waals surface area contributed by atoms with E-state index < -0.39 is 12.2 Å². The number of aromatic nitrogens is 2. The Morgan fingerprint density at radius 1 is 1.06 bits per heavy atom. The van der Waals surface area contributed by atoms with Gasteiger partial charge >= 0.3 is 0 Å². The lowest BCUT2D eigenvalue weighted by Gasteiger charge is -2.32. The lowest BCUT2D eigenvalue weighted by Crippen LogP contribution is -2.38. The highest BCUT2D eigenvalue weighted by atomic mass is 35.5. The van der Waals surface area contributed by atoms with Crippen molar-refractivity contribution < 1.29 is 18.3 Å². The Labute approximate surface area is 183 Å². The SMILES string of the molecule is FC(F)c1nc(NC2CCN(Cc3ccc4c(c3)OCO4)CC2)c2cc(Cl)ccc2n1. The van der Waals surface area contributed by atoms with Crippen molar-refractivity contribution in [2.24, 2.45) is 0 Å². The van der Waals surface area contributed by atoms with Crippen LogP contribution in [-0.4, -0.2) is 40.8 Å². The topological polar surface area (TPSA) is 59.5 Å². The predicted molar refractivity (Wildman–Crippen MR) is 114 cm³/mol. The van der Waals surface area contributed by atoms with Gasteiger partial charge in [0.2, 0.25) is 6.79 Å². The molecule has 0 spiro atoms. The second kappa shape index (κ2) is 8.43. The van der Waals surface area contributed by atoms with Gasteiger partial charge in [-0.15, -0.1) is 0 Å². The van der Waals surface area contributed by atoms with Gasteiger partial charge in [0.1, 0.15) is 5.82 Å². The maximum absolute atomic E-state index is 13.3. The van der Waals surface area contributed by atoms with Crippen LogP contribution in [0.5, 0.6) is 11.5 Å². The number of nitrogens with zero attached hydrogens (tertiary/aromatic N) is 3. The Kier molecular flexibility index (Phi) is 5.50. The van der Waals surface area contributed by atoms with E-state index in [0.717, 1.165) is 44.0 Å². The Morgan fingerprint density at radius 3 is 2.68 bits per heavy atom. The van der Waals surface area contributed by atoms with Crippen molar-refractivity contribution in [3.63, 3.8) is 0 Å². The number of anilines is 1. The summed E-state index contributed by atoms with van der Waals surface area (Å²) >= 11 is 6.11. The van der Waals surface area contributed by atoms with E-state index in [4.69, 9.17) is 21.1 Å². The quantitative estimate of drug-likeness (QED) is 0.593. The highest BCUT2D eigenvalue weighted by Crippen LogP contribution is 2.33. The largest absolute Gasteiger partial charge is 0.454 e. The fourth-order valence-electron chi connectivity index (χ4n) is 4.05. The number of piperidine rings is 1.